The molecule has 150 valence electrons. The van der Waals surface area contributed by atoms with Crippen LogP contribution in [-0.4, -0.2) is 36.7 Å². The SMILES string of the molecule is COCC(C)NC(=NCc1ccc([N+](=O)[O-])cc1)NC1CC2CCC1C2.I. The van der Waals surface area contributed by atoms with Crippen LogP contribution < -0.4 is 10.6 Å². The summed E-state index contributed by atoms with van der Waals surface area (Å²) in [6.45, 7) is 3.15. The van der Waals surface area contributed by atoms with Crippen molar-refractivity contribution in [2.45, 2.75) is 51.2 Å². The highest BCUT2D eigenvalue weighted by Crippen LogP contribution is 2.44. The van der Waals surface area contributed by atoms with Gasteiger partial charge in [-0.15, -0.1) is 24.0 Å². The molecule has 8 heteroatoms. The molecular formula is C19H29IN4O3. The van der Waals surface area contributed by atoms with Crippen molar-refractivity contribution in [3.05, 3.63) is 39.9 Å². The predicted octanol–water partition coefficient (Wildman–Crippen LogP) is 3.47. The summed E-state index contributed by atoms with van der Waals surface area (Å²) in [5, 5.41) is 17.8. The molecular weight excluding hydrogens is 459 g/mol. The summed E-state index contributed by atoms with van der Waals surface area (Å²) in [5.41, 5.74) is 1.05. The second-order valence-electron chi connectivity index (χ2n) is 7.51. The molecule has 1 aromatic rings. The van der Waals surface area contributed by atoms with E-state index in [4.69, 9.17) is 9.73 Å². The van der Waals surface area contributed by atoms with Crippen molar-refractivity contribution < 1.29 is 9.66 Å². The highest BCUT2D eigenvalue weighted by molar-refractivity contribution is 14.0. The number of non-ortho nitro benzene ring substituents is 1. The van der Waals surface area contributed by atoms with Gasteiger partial charge in [-0.25, -0.2) is 4.99 Å². The fraction of sp³-hybridized carbons (Fsp3) is 0.632. The van der Waals surface area contributed by atoms with Crippen molar-refractivity contribution in [1.29, 1.82) is 0 Å². The Labute approximate surface area is 177 Å². The zero-order valence-corrected chi connectivity index (χ0v) is 18.2. The third-order valence-corrected chi connectivity index (χ3v) is 5.43. The molecule has 0 radical (unpaired) electrons. The third-order valence-electron chi connectivity index (χ3n) is 5.43. The molecule has 0 aliphatic heterocycles. The fourth-order valence-corrected chi connectivity index (χ4v) is 4.15. The Morgan fingerprint density at radius 1 is 1.33 bits per heavy atom. The standard InChI is InChI=1S/C19H28N4O3.HI/c1-13(12-26-2)21-19(22-18-10-15-3-6-16(18)9-15)20-11-14-4-7-17(8-5-14)23(24)25;/h4-5,7-8,13,15-16,18H,3,6,9-12H2,1-2H3,(H2,20,21,22);1H. The molecule has 2 fully saturated rings. The van der Waals surface area contributed by atoms with E-state index in [0.717, 1.165) is 23.4 Å². The number of fused-ring (bicyclic) bond motifs is 2. The van der Waals surface area contributed by atoms with Crippen molar-refractivity contribution >= 4 is 35.6 Å². The van der Waals surface area contributed by atoms with E-state index in [9.17, 15) is 10.1 Å². The predicted molar refractivity (Wildman–Crippen MR) is 116 cm³/mol. The van der Waals surface area contributed by atoms with Crippen molar-refractivity contribution in [3.8, 4) is 0 Å². The molecule has 27 heavy (non-hydrogen) atoms. The maximum Gasteiger partial charge on any atom is 0.269 e. The second-order valence-corrected chi connectivity index (χ2v) is 7.51. The Morgan fingerprint density at radius 2 is 2.07 bits per heavy atom. The number of benzene rings is 1. The van der Waals surface area contributed by atoms with Crippen molar-refractivity contribution in [1.82, 2.24) is 10.6 Å². The summed E-state index contributed by atoms with van der Waals surface area (Å²) in [7, 11) is 1.69. The van der Waals surface area contributed by atoms with Gasteiger partial charge in [0.05, 0.1) is 18.1 Å². The Morgan fingerprint density at radius 3 is 2.63 bits per heavy atom. The van der Waals surface area contributed by atoms with Crippen LogP contribution in [0.25, 0.3) is 0 Å². The number of halogens is 1. The Hall–Kier alpha value is -1.42. The van der Waals surface area contributed by atoms with Crippen LogP contribution in [0.1, 0.15) is 38.2 Å². The van der Waals surface area contributed by atoms with Crippen molar-refractivity contribution in [2.24, 2.45) is 16.8 Å². The lowest BCUT2D eigenvalue weighted by atomic mass is 9.95. The Balaban J connectivity index is 0.00000261. The molecule has 0 heterocycles. The van der Waals surface area contributed by atoms with E-state index in [2.05, 4.69) is 17.6 Å². The van der Waals surface area contributed by atoms with Gasteiger partial charge in [-0.05, 0) is 43.6 Å². The summed E-state index contributed by atoms with van der Waals surface area (Å²) >= 11 is 0. The second kappa shape index (κ2) is 10.2. The first-order valence-electron chi connectivity index (χ1n) is 9.35. The molecule has 0 spiro atoms. The lowest BCUT2D eigenvalue weighted by molar-refractivity contribution is -0.384. The molecule has 0 aromatic heterocycles. The van der Waals surface area contributed by atoms with E-state index >= 15 is 0 Å². The zero-order chi connectivity index (χ0) is 18.5. The quantitative estimate of drug-likeness (QED) is 0.202. The Bertz CT molecular complexity index is 653. The molecule has 2 saturated carbocycles. The van der Waals surface area contributed by atoms with E-state index in [-0.39, 0.29) is 40.6 Å². The molecule has 2 aliphatic carbocycles. The van der Waals surface area contributed by atoms with Gasteiger partial charge >= 0.3 is 0 Å². The van der Waals surface area contributed by atoms with E-state index in [1.54, 1.807) is 19.2 Å². The Kier molecular flexibility index (Phi) is 8.28. The third kappa shape index (κ3) is 6.03. The highest BCUT2D eigenvalue weighted by atomic mass is 127. The van der Waals surface area contributed by atoms with Crippen LogP contribution in [0.15, 0.2) is 29.3 Å². The van der Waals surface area contributed by atoms with Gasteiger partial charge in [-0.2, -0.15) is 0 Å². The van der Waals surface area contributed by atoms with Crippen molar-refractivity contribution in [3.63, 3.8) is 0 Å². The van der Waals surface area contributed by atoms with Gasteiger partial charge in [0.15, 0.2) is 5.96 Å². The number of nitro benzene ring substituents is 1. The van der Waals surface area contributed by atoms with Crippen LogP contribution in [0.3, 0.4) is 0 Å². The number of ether oxygens (including phenoxy) is 1. The number of nitrogens with one attached hydrogen (secondary N) is 2. The lowest BCUT2D eigenvalue weighted by Crippen LogP contribution is -2.49. The largest absolute Gasteiger partial charge is 0.383 e. The molecule has 0 amide bonds. The number of hydrogen-bond acceptors (Lipinski definition) is 4. The average Bonchev–Trinajstić information content (AvgIpc) is 3.23. The number of rotatable bonds is 7. The maximum absolute atomic E-state index is 10.8. The van der Waals surface area contributed by atoms with Crippen LogP contribution in [0.5, 0.6) is 0 Å². The monoisotopic (exact) mass is 488 g/mol. The minimum Gasteiger partial charge on any atom is -0.383 e. The van der Waals surface area contributed by atoms with Gasteiger partial charge < -0.3 is 15.4 Å². The van der Waals surface area contributed by atoms with E-state index < -0.39 is 0 Å². The van der Waals surface area contributed by atoms with Crippen LogP contribution in [0, 0.1) is 22.0 Å². The summed E-state index contributed by atoms with van der Waals surface area (Å²) in [6.07, 6.45) is 5.24. The average molecular weight is 488 g/mol. The molecule has 3 rings (SSSR count). The first-order valence-corrected chi connectivity index (χ1v) is 9.35. The number of methoxy groups -OCH3 is 1. The normalized spacial score (nSPS) is 25.0. The summed E-state index contributed by atoms with van der Waals surface area (Å²) in [4.78, 5) is 15.1. The summed E-state index contributed by atoms with van der Waals surface area (Å²) in [5.74, 6) is 2.42. The van der Waals surface area contributed by atoms with Gasteiger partial charge in [-0.3, -0.25) is 10.1 Å². The zero-order valence-electron chi connectivity index (χ0n) is 15.9. The molecule has 1 aromatic carbocycles. The van der Waals surface area contributed by atoms with E-state index in [1.165, 1.54) is 37.8 Å². The number of nitrogens with zero attached hydrogens (tertiary/aromatic N) is 2. The van der Waals surface area contributed by atoms with Gasteiger partial charge in [0, 0.05) is 31.3 Å². The maximum atomic E-state index is 10.8. The van der Waals surface area contributed by atoms with Crippen LogP contribution in [0.2, 0.25) is 0 Å². The topological polar surface area (TPSA) is 88.8 Å². The molecule has 4 unspecified atom stereocenters. The minimum absolute atomic E-state index is 0. The smallest absolute Gasteiger partial charge is 0.269 e. The van der Waals surface area contributed by atoms with Gasteiger partial charge in [-0.1, -0.05) is 18.6 Å². The fourth-order valence-electron chi connectivity index (χ4n) is 4.15. The minimum atomic E-state index is -0.386. The molecule has 7 nitrogen and oxygen atoms in total. The van der Waals surface area contributed by atoms with Gasteiger partial charge in [0.25, 0.3) is 5.69 Å². The van der Waals surface area contributed by atoms with Crippen LogP contribution in [-0.2, 0) is 11.3 Å². The number of aliphatic imine (C=N–C) groups is 1. The molecule has 0 saturated heterocycles. The molecule has 2 bridgehead atoms. The lowest BCUT2D eigenvalue weighted by Gasteiger charge is -2.26. The summed E-state index contributed by atoms with van der Waals surface area (Å²) in [6, 6.07) is 7.21. The van der Waals surface area contributed by atoms with E-state index in [0.29, 0.717) is 19.2 Å². The first kappa shape index (κ1) is 21.9. The highest BCUT2D eigenvalue weighted by Gasteiger charge is 2.39. The number of hydrogen-bond donors (Lipinski definition) is 2. The van der Waals surface area contributed by atoms with Crippen molar-refractivity contribution in [2.75, 3.05) is 13.7 Å². The molecule has 2 N–H and O–H groups in total. The van der Waals surface area contributed by atoms with Gasteiger partial charge in [0.1, 0.15) is 0 Å². The molecule has 2 aliphatic rings. The first-order chi connectivity index (χ1) is 12.5. The summed E-state index contributed by atoms with van der Waals surface area (Å²) < 4.78 is 5.21. The van der Waals surface area contributed by atoms with Crippen LogP contribution >= 0.6 is 24.0 Å². The number of guanidine groups is 1. The van der Waals surface area contributed by atoms with Gasteiger partial charge in [0.2, 0.25) is 0 Å². The number of nitro groups is 1. The van der Waals surface area contributed by atoms with Crippen LogP contribution in [0.4, 0.5) is 5.69 Å². The van der Waals surface area contributed by atoms with E-state index in [1.807, 2.05) is 0 Å². The molecule has 4 atom stereocenters.